The van der Waals surface area contributed by atoms with Gasteiger partial charge in [0.2, 0.25) is 5.95 Å². The number of aryl methyl sites for hydroxylation is 1. The summed E-state index contributed by atoms with van der Waals surface area (Å²) < 4.78 is 1.42. The molecule has 2 unspecified atom stereocenters. The summed E-state index contributed by atoms with van der Waals surface area (Å²) in [5, 5.41) is 15.6. The van der Waals surface area contributed by atoms with Crippen LogP contribution in [0, 0.1) is 0 Å². The number of carbonyl (C=O) groups excluding carboxylic acids is 1. The molecule has 0 radical (unpaired) electrons. The van der Waals surface area contributed by atoms with E-state index >= 15 is 0 Å². The van der Waals surface area contributed by atoms with E-state index in [-0.39, 0.29) is 5.37 Å². The fraction of sp³-hybridized carbons (Fsp3) is 0.636. The SMILES string of the molecule is CCCC1SCC(C(=O)O)N1C(=O)Nc1ncnn1C. The van der Waals surface area contributed by atoms with Crippen molar-refractivity contribution < 1.29 is 14.7 Å². The van der Waals surface area contributed by atoms with Crippen molar-refractivity contribution in [3.8, 4) is 0 Å². The Bertz CT molecular complexity index is 506. The molecule has 0 spiro atoms. The van der Waals surface area contributed by atoms with Gasteiger partial charge in [-0.2, -0.15) is 10.1 Å². The molecule has 0 saturated carbocycles. The van der Waals surface area contributed by atoms with Crippen LogP contribution < -0.4 is 5.32 Å². The van der Waals surface area contributed by atoms with Crippen molar-refractivity contribution in [2.24, 2.45) is 7.05 Å². The highest BCUT2D eigenvalue weighted by Gasteiger charge is 2.41. The first-order chi connectivity index (χ1) is 9.54. The molecule has 2 amide bonds. The molecule has 1 fully saturated rings. The second-order valence-corrected chi connectivity index (χ2v) is 5.69. The Morgan fingerprint density at radius 3 is 2.90 bits per heavy atom. The third kappa shape index (κ3) is 2.87. The molecule has 2 rings (SSSR count). The smallest absolute Gasteiger partial charge is 0.327 e. The van der Waals surface area contributed by atoms with Crippen molar-refractivity contribution in [2.75, 3.05) is 11.1 Å². The van der Waals surface area contributed by atoms with Gasteiger partial charge in [-0.05, 0) is 6.42 Å². The van der Waals surface area contributed by atoms with Crippen molar-refractivity contribution in [3.63, 3.8) is 0 Å². The van der Waals surface area contributed by atoms with E-state index in [4.69, 9.17) is 0 Å². The molecule has 1 aliphatic rings. The predicted octanol–water partition coefficient (Wildman–Crippen LogP) is 0.975. The van der Waals surface area contributed by atoms with Gasteiger partial charge in [-0.3, -0.25) is 10.2 Å². The maximum absolute atomic E-state index is 12.3. The van der Waals surface area contributed by atoms with Crippen molar-refractivity contribution in [1.82, 2.24) is 19.7 Å². The summed E-state index contributed by atoms with van der Waals surface area (Å²) in [7, 11) is 1.65. The first-order valence-corrected chi connectivity index (χ1v) is 7.37. The molecule has 2 heterocycles. The number of amides is 2. The van der Waals surface area contributed by atoms with Crippen LogP contribution in [0.4, 0.5) is 10.7 Å². The first kappa shape index (κ1) is 14.6. The minimum atomic E-state index is -0.982. The van der Waals surface area contributed by atoms with E-state index in [0.29, 0.717) is 11.7 Å². The second kappa shape index (κ2) is 6.12. The molecule has 2 N–H and O–H groups in total. The van der Waals surface area contributed by atoms with E-state index in [1.165, 1.54) is 27.7 Å². The maximum Gasteiger partial charge on any atom is 0.327 e. The molecule has 0 aliphatic carbocycles. The minimum absolute atomic E-state index is 0.116. The van der Waals surface area contributed by atoms with Gasteiger partial charge >= 0.3 is 12.0 Å². The van der Waals surface area contributed by atoms with Crippen LogP contribution >= 0.6 is 11.8 Å². The minimum Gasteiger partial charge on any atom is -0.480 e. The van der Waals surface area contributed by atoms with Gasteiger partial charge < -0.3 is 5.11 Å². The molecule has 1 aromatic rings. The number of carboxylic acid groups (broad SMARTS) is 1. The van der Waals surface area contributed by atoms with Gasteiger partial charge in [0.1, 0.15) is 12.4 Å². The second-order valence-electron chi connectivity index (χ2n) is 4.48. The molecule has 0 bridgehead atoms. The van der Waals surface area contributed by atoms with E-state index in [9.17, 15) is 14.7 Å². The summed E-state index contributed by atoms with van der Waals surface area (Å²) >= 11 is 1.50. The number of rotatable bonds is 4. The molecule has 1 aromatic heterocycles. The zero-order valence-corrected chi connectivity index (χ0v) is 12.1. The number of aliphatic carboxylic acids is 1. The number of carboxylic acids is 1. The van der Waals surface area contributed by atoms with Gasteiger partial charge in [0, 0.05) is 12.8 Å². The monoisotopic (exact) mass is 299 g/mol. The summed E-state index contributed by atoms with van der Waals surface area (Å²) in [6.45, 7) is 2.01. The topological polar surface area (TPSA) is 100 Å². The summed E-state index contributed by atoms with van der Waals surface area (Å²) in [6.07, 6.45) is 2.98. The van der Waals surface area contributed by atoms with Gasteiger partial charge in [0.15, 0.2) is 0 Å². The van der Waals surface area contributed by atoms with E-state index in [0.717, 1.165) is 12.8 Å². The molecule has 1 saturated heterocycles. The summed E-state index contributed by atoms with van der Waals surface area (Å²) in [5.74, 6) is -0.276. The van der Waals surface area contributed by atoms with Crippen molar-refractivity contribution >= 4 is 29.7 Å². The number of urea groups is 1. The Balaban J connectivity index is 2.14. The molecular formula is C11H17N5O3S. The zero-order chi connectivity index (χ0) is 14.7. The quantitative estimate of drug-likeness (QED) is 0.859. The lowest BCUT2D eigenvalue weighted by atomic mass is 10.2. The summed E-state index contributed by atoms with van der Waals surface area (Å²) in [4.78, 5) is 28.9. The van der Waals surface area contributed by atoms with Crippen LogP contribution in [0.1, 0.15) is 19.8 Å². The number of aromatic nitrogens is 3. The lowest BCUT2D eigenvalue weighted by Gasteiger charge is -2.26. The predicted molar refractivity (Wildman–Crippen MR) is 74.4 cm³/mol. The van der Waals surface area contributed by atoms with Crippen LogP contribution in [-0.2, 0) is 11.8 Å². The van der Waals surface area contributed by atoms with E-state index in [1.54, 1.807) is 7.05 Å². The van der Waals surface area contributed by atoms with Crippen molar-refractivity contribution in [3.05, 3.63) is 6.33 Å². The molecule has 110 valence electrons. The highest BCUT2D eigenvalue weighted by atomic mass is 32.2. The number of thioether (sulfide) groups is 1. The number of anilines is 1. The summed E-state index contributed by atoms with van der Waals surface area (Å²) in [6, 6.07) is -1.25. The van der Waals surface area contributed by atoms with Gasteiger partial charge in [0.25, 0.3) is 0 Å². The fourth-order valence-electron chi connectivity index (χ4n) is 2.07. The van der Waals surface area contributed by atoms with Crippen molar-refractivity contribution in [1.29, 1.82) is 0 Å². The maximum atomic E-state index is 12.3. The van der Waals surface area contributed by atoms with Crippen molar-refractivity contribution in [2.45, 2.75) is 31.2 Å². The zero-order valence-electron chi connectivity index (χ0n) is 11.3. The Kier molecular flexibility index (Phi) is 4.48. The van der Waals surface area contributed by atoms with E-state index < -0.39 is 18.0 Å². The van der Waals surface area contributed by atoms with Gasteiger partial charge in [-0.15, -0.1) is 11.8 Å². The largest absolute Gasteiger partial charge is 0.480 e. The Morgan fingerprint density at radius 2 is 2.35 bits per heavy atom. The third-order valence-corrected chi connectivity index (χ3v) is 4.43. The lowest BCUT2D eigenvalue weighted by molar-refractivity contribution is -0.141. The van der Waals surface area contributed by atoms with Crippen LogP contribution in [0.25, 0.3) is 0 Å². The molecule has 20 heavy (non-hydrogen) atoms. The highest BCUT2D eigenvalue weighted by Crippen LogP contribution is 2.32. The standard InChI is InChI=1S/C11H17N5O3S/c1-3-4-8-16(7(5-20-8)9(17)18)11(19)14-10-12-6-13-15(10)2/h6-8H,3-5H2,1-2H3,(H,17,18)(H,12,13,14,19). The van der Waals surface area contributed by atoms with E-state index in [2.05, 4.69) is 15.4 Å². The Morgan fingerprint density at radius 1 is 1.60 bits per heavy atom. The van der Waals surface area contributed by atoms with Crippen LogP contribution in [0.3, 0.4) is 0 Å². The third-order valence-electron chi connectivity index (χ3n) is 3.08. The fourth-order valence-corrected chi connectivity index (χ4v) is 3.58. The Hall–Kier alpha value is -1.77. The molecule has 2 atom stereocenters. The van der Waals surface area contributed by atoms with Crippen LogP contribution in [0.2, 0.25) is 0 Å². The number of hydrogen-bond donors (Lipinski definition) is 2. The number of carbonyl (C=O) groups is 2. The van der Waals surface area contributed by atoms with Gasteiger partial charge in [0.05, 0.1) is 5.37 Å². The van der Waals surface area contributed by atoms with E-state index in [1.807, 2.05) is 6.92 Å². The van der Waals surface area contributed by atoms with Gasteiger partial charge in [-0.1, -0.05) is 13.3 Å². The normalized spacial score (nSPS) is 22.0. The first-order valence-electron chi connectivity index (χ1n) is 6.32. The molecular weight excluding hydrogens is 282 g/mol. The van der Waals surface area contributed by atoms with Crippen LogP contribution in [0.15, 0.2) is 6.33 Å². The molecule has 8 nitrogen and oxygen atoms in total. The van der Waals surface area contributed by atoms with Gasteiger partial charge in [-0.25, -0.2) is 14.3 Å². The van der Waals surface area contributed by atoms with Crippen LogP contribution in [-0.4, -0.2) is 53.9 Å². The lowest BCUT2D eigenvalue weighted by Crippen LogP contribution is -2.47. The number of hydrogen-bond acceptors (Lipinski definition) is 5. The number of nitrogens with zero attached hydrogens (tertiary/aromatic N) is 4. The molecule has 1 aliphatic heterocycles. The Labute approximate surface area is 120 Å². The summed E-state index contributed by atoms with van der Waals surface area (Å²) in [5.41, 5.74) is 0. The van der Waals surface area contributed by atoms with Crippen LogP contribution in [0.5, 0.6) is 0 Å². The molecule has 9 heteroatoms. The highest BCUT2D eigenvalue weighted by molar-refractivity contribution is 8.00. The molecule has 0 aromatic carbocycles. The number of nitrogens with one attached hydrogen (secondary N) is 1. The average molecular weight is 299 g/mol. The average Bonchev–Trinajstić information content (AvgIpc) is 2.97.